The van der Waals surface area contributed by atoms with Gasteiger partial charge in [0.1, 0.15) is 42.0 Å². The maximum atomic E-state index is 14.5. The summed E-state index contributed by atoms with van der Waals surface area (Å²) in [5, 5.41) is 30.7. The Kier molecular flexibility index (Phi) is 21.9. The highest BCUT2D eigenvalue weighted by atomic mass is 16.3. The van der Waals surface area contributed by atoms with E-state index in [1.807, 2.05) is 0 Å². The van der Waals surface area contributed by atoms with Crippen molar-refractivity contribution >= 4 is 65.0 Å². The first kappa shape index (κ1) is 56.1. The van der Waals surface area contributed by atoms with E-state index in [4.69, 9.17) is 17.2 Å². The van der Waals surface area contributed by atoms with Gasteiger partial charge in [0.2, 0.25) is 65.0 Å². The summed E-state index contributed by atoms with van der Waals surface area (Å²) in [7, 11) is 0. The third-order valence-corrected chi connectivity index (χ3v) is 11.7. The molecule has 1 aromatic carbocycles. The van der Waals surface area contributed by atoms with E-state index in [1.54, 1.807) is 39.8 Å². The van der Waals surface area contributed by atoms with Crippen LogP contribution in [0.2, 0.25) is 0 Å². The van der Waals surface area contributed by atoms with E-state index in [9.17, 15) is 57.8 Å². The zero-order valence-corrected chi connectivity index (χ0v) is 39.5. The zero-order chi connectivity index (χ0) is 51.5. The molecular weight excluding hydrogens is 901 g/mol. The van der Waals surface area contributed by atoms with Crippen LogP contribution in [0.3, 0.4) is 0 Å². The largest absolute Gasteiger partial charge is 0.508 e. The quantitative estimate of drug-likeness (QED) is 0.0725. The smallest absolute Gasteiger partial charge is 0.245 e. The molecule has 11 amide bonds. The van der Waals surface area contributed by atoms with Crippen LogP contribution in [0, 0.1) is 11.8 Å². The summed E-state index contributed by atoms with van der Waals surface area (Å²) in [5.74, 6) is -9.81. The van der Waals surface area contributed by atoms with Gasteiger partial charge in [-0.3, -0.25) is 52.7 Å². The van der Waals surface area contributed by atoms with Crippen LogP contribution in [0.5, 0.6) is 5.75 Å². The Labute approximate surface area is 400 Å². The average Bonchev–Trinajstić information content (AvgIpc) is 3.78. The van der Waals surface area contributed by atoms with Crippen molar-refractivity contribution in [3.05, 3.63) is 42.1 Å². The van der Waals surface area contributed by atoms with E-state index in [-0.39, 0.29) is 49.6 Å². The fourth-order valence-corrected chi connectivity index (χ4v) is 7.72. The van der Waals surface area contributed by atoms with Crippen LogP contribution >= 0.6 is 0 Å². The van der Waals surface area contributed by atoms with Crippen LogP contribution in [-0.4, -0.2) is 137 Å². The Morgan fingerprint density at radius 3 is 2.07 bits per heavy atom. The van der Waals surface area contributed by atoms with Crippen LogP contribution in [0.15, 0.2) is 36.5 Å². The van der Waals surface area contributed by atoms with Gasteiger partial charge in [0.15, 0.2) is 0 Å². The molecule has 2 saturated heterocycles. The lowest BCUT2D eigenvalue weighted by Gasteiger charge is -2.32. The van der Waals surface area contributed by atoms with Crippen molar-refractivity contribution in [2.75, 3.05) is 19.6 Å². The first-order valence-corrected chi connectivity index (χ1v) is 22.9. The molecule has 3 rings (SSSR count). The van der Waals surface area contributed by atoms with Crippen molar-refractivity contribution in [3.8, 4) is 5.75 Å². The molecule has 15 N–H and O–H groups in total. The lowest BCUT2D eigenvalue weighted by molar-refractivity contribution is -0.143. The molecule has 69 heavy (non-hydrogen) atoms. The van der Waals surface area contributed by atoms with Crippen LogP contribution in [-0.2, 0) is 59.2 Å². The molecule has 0 radical (unpaired) electrons. The fourth-order valence-electron chi connectivity index (χ4n) is 7.72. The van der Waals surface area contributed by atoms with Crippen molar-refractivity contribution < 1.29 is 57.8 Å². The summed E-state index contributed by atoms with van der Waals surface area (Å²) in [4.78, 5) is 147. The predicted molar refractivity (Wildman–Crippen MR) is 248 cm³/mol. The van der Waals surface area contributed by atoms with Gasteiger partial charge >= 0.3 is 0 Å². The maximum Gasteiger partial charge on any atom is 0.245 e. The van der Waals surface area contributed by atoms with Gasteiger partial charge in [-0.25, -0.2) is 0 Å². The number of nitrogens with two attached hydrogens (primary N) is 3. The first-order chi connectivity index (χ1) is 32.5. The zero-order valence-electron chi connectivity index (χ0n) is 39.5. The second-order valence-electron chi connectivity index (χ2n) is 17.8. The Bertz CT molecular complexity index is 2080. The minimum atomic E-state index is -1.78. The Hall–Kier alpha value is -7.27. The van der Waals surface area contributed by atoms with Crippen molar-refractivity contribution in [2.45, 2.75) is 134 Å². The van der Waals surface area contributed by atoms with Crippen LogP contribution < -0.4 is 59.7 Å². The van der Waals surface area contributed by atoms with Crippen LogP contribution in [0.4, 0.5) is 0 Å². The number of phenols is 1. The molecule has 0 aliphatic carbocycles. The molecule has 2 aliphatic rings. The minimum absolute atomic E-state index is 0.00414. The highest BCUT2D eigenvalue weighted by Crippen LogP contribution is 2.22. The van der Waals surface area contributed by atoms with E-state index >= 15 is 0 Å². The molecule has 8 atom stereocenters. The van der Waals surface area contributed by atoms with Gasteiger partial charge in [0.25, 0.3) is 0 Å². The lowest BCUT2D eigenvalue weighted by Crippen LogP contribution is -2.60. The molecule has 1 unspecified atom stereocenters. The average molecular weight is 969 g/mol. The highest BCUT2D eigenvalue weighted by molar-refractivity contribution is 5.99. The van der Waals surface area contributed by atoms with Gasteiger partial charge in [-0.15, -0.1) is 0 Å². The van der Waals surface area contributed by atoms with Gasteiger partial charge in [0, 0.05) is 25.1 Å². The number of rotatable bonds is 17. The Morgan fingerprint density at radius 2 is 1.46 bits per heavy atom. The predicted octanol–water partition coefficient (Wildman–Crippen LogP) is -3.43. The molecule has 0 spiro atoms. The summed E-state index contributed by atoms with van der Waals surface area (Å²) in [5.41, 5.74) is 16.9. The number of hydrogen-bond acceptors (Lipinski definition) is 13. The number of benzene rings is 1. The monoisotopic (exact) mass is 969 g/mol. The van der Waals surface area contributed by atoms with Crippen molar-refractivity contribution in [3.63, 3.8) is 0 Å². The number of carbonyl (C=O) groups excluding carboxylic acids is 11. The molecule has 2 aliphatic heterocycles. The molecule has 2 heterocycles. The standard InChI is InChI=1S/C45H68N12O12/c1-6-24(4)39-44(68)53-28(13-15-34(46)59)41(65)55-32(20-35(47)60)42(66)54-29(14-16-37(62)49-22-38(63)52-30(25(5)51-39)19-26-9-11-27(58)12-10-26)45(69)57-17-7-8-33(57)43(67)56-31(18-23(2)3)40(64)50-21-36(48)61/h9-12,23-24,28-33,39,51,58H,5-8,13-22H2,1-4H3,(H2,46,59)(H2,47,60)(H2,48,61)(H,49,62)(H,50,64)(H,52,63)(H,53,68)(H,54,66)(H,55,65)(H,56,67)/t24-,28-,29-,30-,31-,32-,33?,39-/m0/s1. The number of amides is 11. The Balaban J connectivity index is 2.06. The summed E-state index contributed by atoms with van der Waals surface area (Å²) in [6.45, 7) is 10.2. The van der Waals surface area contributed by atoms with Gasteiger partial charge < -0.3 is 69.7 Å². The van der Waals surface area contributed by atoms with Gasteiger partial charge in [-0.05, 0) is 68.1 Å². The molecule has 24 heteroatoms. The third kappa shape index (κ3) is 18.4. The van der Waals surface area contributed by atoms with E-state index in [0.717, 1.165) is 4.90 Å². The molecule has 380 valence electrons. The summed E-state index contributed by atoms with van der Waals surface area (Å²) >= 11 is 0. The van der Waals surface area contributed by atoms with Crippen molar-refractivity contribution in [1.82, 2.24) is 47.4 Å². The number of nitrogens with zero attached hydrogens (tertiary/aromatic N) is 1. The Morgan fingerprint density at radius 1 is 0.812 bits per heavy atom. The van der Waals surface area contributed by atoms with Gasteiger partial charge in [0.05, 0.1) is 25.6 Å². The van der Waals surface area contributed by atoms with Crippen molar-refractivity contribution in [1.29, 1.82) is 0 Å². The number of aromatic hydroxyl groups is 1. The van der Waals surface area contributed by atoms with E-state index in [0.29, 0.717) is 18.4 Å². The highest BCUT2D eigenvalue weighted by Gasteiger charge is 2.40. The summed E-state index contributed by atoms with van der Waals surface area (Å²) in [6.07, 6.45) is -1.33. The van der Waals surface area contributed by atoms with Gasteiger partial charge in [-0.2, -0.15) is 0 Å². The molecule has 0 bridgehead atoms. The molecule has 0 saturated carbocycles. The van der Waals surface area contributed by atoms with E-state index in [1.165, 1.54) is 12.1 Å². The maximum absolute atomic E-state index is 14.5. The SMILES string of the molecule is C=C1N[C@@H]([C@@H](C)CC)C(=O)N[C@@H](CCC(N)=O)C(=O)N[C@@H](CC(N)=O)C(=O)N[C@H](C(=O)N2CCCC2C(=O)N[C@@H](CC(C)C)C(=O)NCC(N)=O)CCC(=O)NCC(=O)N[C@H]1Cc1ccc(O)cc1. The first-order valence-electron chi connectivity index (χ1n) is 22.9. The second-order valence-corrected chi connectivity index (χ2v) is 17.8. The third-order valence-electron chi connectivity index (χ3n) is 11.7. The normalized spacial score (nSPS) is 23.1. The summed E-state index contributed by atoms with van der Waals surface area (Å²) in [6, 6.07) is -3.10. The van der Waals surface area contributed by atoms with E-state index in [2.05, 4.69) is 49.1 Å². The number of hydrogen-bond donors (Lipinski definition) is 12. The number of phenolic OH excluding ortho intramolecular Hbond substituents is 1. The topological polar surface area (TPSA) is 386 Å². The number of carbonyl (C=O) groups is 11. The molecule has 1 aromatic rings. The number of likely N-dealkylation sites (tertiary alicyclic amines) is 1. The van der Waals surface area contributed by atoms with Crippen LogP contribution in [0.1, 0.15) is 91.0 Å². The molecule has 2 fully saturated rings. The number of primary amides is 3. The van der Waals surface area contributed by atoms with E-state index < -0.39 is 152 Å². The van der Waals surface area contributed by atoms with Gasteiger partial charge in [-0.1, -0.05) is 52.8 Å². The summed E-state index contributed by atoms with van der Waals surface area (Å²) < 4.78 is 0. The number of nitrogens with one attached hydrogen (secondary N) is 8. The molecule has 24 nitrogen and oxygen atoms in total. The molecular formula is C45H68N12O12. The minimum Gasteiger partial charge on any atom is -0.508 e. The van der Waals surface area contributed by atoms with Crippen LogP contribution in [0.25, 0.3) is 0 Å². The lowest BCUT2D eigenvalue weighted by atomic mass is 9.95. The fraction of sp³-hybridized carbons (Fsp3) is 0.578. The van der Waals surface area contributed by atoms with Crippen molar-refractivity contribution in [2.24, 2.45) is 29.0 Å². The molecule has 0 aromatic heterocycles. The second kappa shape index (κ2) is 26.9.